The Morgan fingerprint density at radius 2 is 1.95 bits per heavy atom. The number of carbonyl (C=O) groups excluding carboxylic acids is 3. The average molecular weight is 570 g/mol. The number of carbonyl (C=O) groups is 3. The number of ether oxygens (including phenoxy) is 4. The number of aliphatic hydroxyl groups excluding tert-OH is 3. The third-order valence-electron chi connectivity index (χ3n) is 6.77. The number of primary amides is 1. The van der Waals surface area contributed by atoms with Crippen molar-refractivity contribution in [2.45, 2.75) is 74.4 Å². The van der Waals surface area contributed by atoms with Gasteiger partial charge in [0.25, 0.3) is 11.5 Å². The number of aromatic amines is 1. The van der Waals surface area contributed by atoms with E-state index < -0.39 is 84.0 Å². The van der Waals surface area contributed by atoms with E-state index >= 15 is 0 Å². The Morgan fingerprint density at radius 3 is 2.62 bits per heavy atom. The van der Waals surface area contributed by atoms with E-state index in [9.17, 15) is 39.3 Å². The molecule has 9 atom stereocenters. The molecule has 4 rings (SSSR count). The van der Waals surface area contributed by atoms with Crippen molar-refractivity contribution in [3.63, 3.8) is 0 Å². The average Bonchev–Trinajstić information content (AvgIpc) is 3.08. The third-order valence-corrected chi connectivity index (χ3v) is 6.77. The summed E-state index contributed by atoms with van der Waals surface area (Å²) in [6.07, 6.45) is -9.19. The summed E-state index contributed by atoms with van der Waals surface area (Å²) in [6, 6.07) is 0.173. The highest BCUT2D eigenvalue weighted by Gasteiger charge is 2.52. The van der Waals surface area contributed by atoms with Gasteiger partial charge >= 0.3 is 5.69 Å². The van der Waals surface area contributed by atoms with Crippen LogP contribution in [0.2, 0.25) is 0 Å². The smallest absolute Gasteiger partial charge is 0.330 e. The molecule has 17 nitrogen and oxygen atoms in total. The van der Waals surface area contributed by atoms with Crippen LogP contribution in [0.1, 0.15) is 25.5 Å². The minimum atomic E-state index is -1.85. The first-order valence-electron chi connectivity index (χ1n) is 12.5. The Hall–Kier alpha value is -3.61. The van der Waals surface area contributed by atoms with Gasteiger partial charge in [0, 0.05) is 25.9 Å². The molecule has 4 heterocycles. The van der Waals surface area contributed by atoms with Crippen molar-refractivity contribution in [2.75, 3.05) is 13.7 Å². The van der Waals surface area contributed by atoms with Crippen LogP contribution >= 0.6 is 0 Å². The van der Waals surface area contributed by atoms with Crippen molar-refractivity contribution in [3.8, 4) is 0 Å². The van der Waals surface area contributed by atoms with E-state index in [1.54, 1.807) is 0 Å². The Morgan fingerprint density at radius 1 is 1.20 bits per heavy atom. The van der Waals surface area contributed by atoms with Crippen molar-refractivity contribution in [1.82, 2.24) is 20.2 Å². The lowest BCUT2D eigenvalue weighted by molar-refractivity contribution is -0.240. The van der Waals surface area contributed by atoms with E-state index in [0.717, 1.165) is 29.3 Å². The van der Waals surface area contributed by atoms with Crippen LogP contribution in [0.4, 0.5) is 0 Å². The molecule has 2 saturated heterocycles. The van der Waals surface area contributed by atoms with Gasteiger partial charge in [0.2, 0.25) is 18.1 Å². The highest BCUT2D eigenvalue weighted by Crippen LogP contribution is 2.34. The molecule has 40 heavy (non-hydrogen) atoms. The van der Waals surface area contributed by atoms with Crippen LogP contribution in [0.3, 0.4) is 0 Å². The van der Waals surface area contributed by atoms with Crippen molar-refractivity contribution in [2.24, 2.45) is 5.73 Å². The van der Waals surface area contributed by atoms with Crippen molar-refractivity contribution < 1.29 is 48.7 Å². The maximum atomic E-state index is 12.8. The van der Waals surface area contributed by atoms with Gasteiger partial charge in [0.15, 0.2) is 18.1 Å². The molecule has 17 heteroatoms. The topological polar surface area (TPSA) is 254 Å². The quantitative estimate of drug-likeness (QED) is 0.156. The molecule has 2 unspecified atom stereocenters. The van der Waals surface area contributed by atoms with Crippen LogP contribution in [0, 0.1) is 0 Å². The molecule has 8 N–H and O–H groups in total. The van der Waals surface area contributed by atoms with Gasteiger partial charge in [-0.3, -0.25) is 28.7 Å². The number of nitrogens with two attached hydrogens (primary N) is 1. The molecule has 0 aliphatic carbocycles. The Bertz CT molecular complexity index is 1260. The van der Waals surface area contributed by atoms with E-state index in [0.29, 0.717) is 19.4 Å². The maximum Gasteiger partial charge on any atom is 0.330 e. The zero-order chi connectivity index (χ0) is 29.1. The first kappa shape index (κ1) is 29.4. The second kappa shape index (κ2) is 12.3. The summed E-state index contributed by atoms with van der Waals surface area (Å²) in [4.78, 5) is 63.2. The van der Waals surface area contributed by atoms with Crippen molar-refractivity contribution >= 4 is 17.7 Å². The number of nitrogens with zero attached hydrogens (tertiary/aromatic N) is 1. The Kier molecular flexibility index (Phi) is 9.02. The monoisotopic (exact) mass is 569 g/mol. The lowest BCUT2D eigenvalue weighted by Crippen LogP contribution is -2.54. The van der Waals surface area contributed by atoms with Crippen LogP contribution in [0.5, 0.6) is 0 Å². The number of H-pyrrole nitrogens is 1. The van der Waals surface area contributed by atoms with Gasteiger partial charge in [0.1, 0.15) is 36.6 Å². The Balaban J connectivity index is 1.52. The van der Waals surface area contributed by atoms with Gasteiger partial charge in [-0.15, -0.1) is 0 Å². The lowest BCUT2D eigenvalue weighted by Gasteiger charge is -2.34. The first-order valence-corrected chi connectivity index (χ1v) is 12.5. The SMILES string of the molecule is COC1[C@@H](O)[C@@H]([C@@H](O[C@H]2OC(C(=O)N[C@H]3CCCCNC3=O)=CC(O)[C@H]2O)C(N)=O)O[C@H]1n1ccc(=O)[nH]c1=O. The normalized spacial score (nSPS) is 33.2. The number of methoxy groups -OCH3 is 1. The molecule has 3 amide bonds. The van der Waals surface area contributed by atoms with Gasteiger partial charge < -0.3 is 50.6 Å². The molecule has 1 aromatic rings. The molecule has 2 fully saturated rings. The van der Waals surface area contributed by atoms with Crippen LogP contribution in [-0.4, -0.2) is 105 Å². The van der Waals surface area contributed by atoms with E-state index in [2.05, 4.69) is 10.6 Å². The fraction of sp³-hybridized carbons (Fsp3) is 0.609. The zero-order valence-corrected chi connectivity index (χ0v) is 21.3. The van der Waals surface area contributed by atoms with Gasteiger partial charge in [-0.1, -0.05) is 0 Å². The molecule has 3 aliphatic rings. The second-order valence-corrected chi connectivity index (χ2v) is 9.47. The largest absolute Gasteiger partial charge is 0.456 e. The van der Waals surface area contributed by atoms with Gasteiger partial charge in [-0.2, -0.15) is 0 Å². The molecule has 3 aliphatic heterocycles. The predicted octanol–water partition coefficient (Wildman–Crippen LogP) is -4.57. The summed E-state index contributed by atoms with van der Waals surface area (Å²) >= 11 is 0. The summed E-state index contributed by atoms with van der Waals surface area (Å²) < 4.78 is 22.8. The van der Waals surface area contributed by atoms with E-state index in [1.807, 2.05) is 4.98 Å². The van der Waals surface area contributed by atoms with E-state index in [1.165, 1.54) is 7.11 Å². The molecule has 220 valence electrons. The molecule has 0 bridgehead atoms. The molecule has 1 aromatic heterocycles. The standard InChI is InChI=1S/C23H31N5O12/c1-37-16-14(32)15(39-21(16)28-7-5-12(30)27-23(28)36)17(18(24)33)40-22-13(31)10(29)8-11(38-22)20(35)26-9-4-2-3-6-25-19(9)34/h5,7-10,13-17,21-22,29,31-32H,2-4,6H2,1H3,(H2,24,33)(H,25,34)(H,26,35)(H,27,30,36)/t9-,10?,13+,14-,15-,16?,17+,21+,22+/m0/s1. The summed E-state index contributed by atoms with van der Waals surface area (Å²) in [5.74, 6) is -2.95. The number of amides is 3. The molecule has 0 spiro atoms. The summed E-state index contributed by atoms with van der Waals surface area (Å²) in [6.45, 7) is 0.469. The molecule has 0 aromatic carbocycles. The van der Waals surface area contributed by atoms with Gasteiger partial charge in [0.05, 0.1) is 0 Å². The second-order valence-electron chi connectivity index (χ2n) is 9.47. The number of hydrogen-bond donors (Lipinski definition) is 7. The summed E-state index contributed by atoms with van der Waals surface area (Å²) in [7, 11) is 1.21. The van der Waals surface area contributed by atoms with Crippen LogP contribution < -0.4 is 27.6 Å². The third kappa shape index (κ3) is 6.08. The number of rotatable bonds is 8. The highest BCUT2D eigenvalue weighted by atomic mass is 16.7. The first-order chi connectivity index (χ1) is 19.0. The summed E-state index contributed by atoms with van der Waals surface area (Å²) in [5.41, 5.74) is 3.93. The fourth-order valence-electron chi connectivity index (χ4n) is 4.68. The maximum absolute atomic E-state index is 12.8. The zero-order valence-electron chi connectivity index (χ0n) is 21.3. The highest BCUT2D eigenvalue weighted by molar-refractivity contribution is 5.95. The number of aromatic nitrogens is 2. The molecule has 0 saturated carbocycles. The van der Waals surface area contributed by atoms with Gasteiger partial charge in [-0.25, -0.2) is 4.79 Å². The lowest BCUT2D eigenvalue weighted by atomic mass is 10.0. The number of hydrogen-bond acceptors (Lipinski definition) is 12. The molecular weight excluding hydrogens is 538 g/mol. The van der Waals surface area contributed by atoms with Gasteiger partial charge in [-0.05, 0) is 25.3 Å². The van der Waals surface area contributed by atoms with E-state index in [4.69, 9.17) is 24.7 Å². The van der Waals surface area contributed by atoms with Crippen LogP contribution in [-0.2, 0) is 33.3 Å². The minimum Gasteiger partial charge on any atom is -0.456 e. The van der Waals surface area contributed by atoms with Crippen molar-refractivity contribution in [1.29, 1.82) is 0 Å². The number of nitrogens with one attached hydrogen (secondary N) is 3. The predicted molar refractivity (Wildman–Crippen MR) is 130 cm³/mol. The minimum absolute atomic E-state index is 0.372. The Labute approximate surface area is 225 Å². The number of aliphatic hydroxyl groups is 3. The van der Waals surface area contributed by atoms with Crippen molar-refractivity contribution in [3.05, 3.63) is 44.9 Å². The fourth-order valence-corrected chi connectivity index (χ4v) is 4.68. The van der Waals surface area contributed by atoms with E-state index in [-0.39, 0.29) is 5.91 Å². The van der Waals surface area contributed by atoms with Crippen LogP contribution in [0.15, 0.2) is 33.7 Å². The molecular formula is C23H31N5O12. The summed E-state index contributed by atoms with van der Waals surface area (Å²) in [5, 5.41) is 36.8. The van der Waals surface area contributed by atoms with Crippen LogP contribution in [0.25, 0.3) is 0 Å². The molecule has 0 radical (unpaired) electrons.